The third-order valence-corrected chi connectivity index (χ3v) is 4.81. The highest BCUT2D eigenvalue weighted by molar-refractivity contribution is 7.95. The second-order valence-corrected chi connectivity index (χ2v) is 6.84. The van der Waals surface area contributed by atoms with E-state index < -0.39 is 21.0 Å². The third kappa shape index (κ3) is 4.26. The van der Waals surface area contributed by atoms with Gasteiger partial charge in [-0.1, -0.05) is 48.5 Å². The van der Waals surface area contributed by atoms with Crippen LogP contribution in [0.15, 0.2) is 76.8 Å². The van der Waals surface area contributed by atoms with Crippen LogP contribution in [0.1, 0.15) is 12.0 Å². The fourth-order valence-corrected chi connectivity index (χ4v) is 3.13. The van der Waals surface area contributed by atoms with Gasteiger partial charge in [0.25, 0.3) is 0 Å². The summed E-state index contributed by atoms with van der Waals surface area (Å²) in [5.41, 5.74) is 6.90. The first kappa shape index (κ1) is 16.4. The molecule has 0 amide bonds. The SMILES string of the molecule is N[C@H](/C=C(/F)S(=O)(=O)c1ccccc1)CCc1ccccc1. The molecular formula is C17H18FNO2S. The number of rotatable bonds is 6. The van der Waals surface area contributed by atoms with Crippen molar-refractivity contribution < 1.29 is 12.8 Å². The molecule has 0 fully saturated rings. The topological polar surface area (TPSA) is 60.2 Å². The van der Waals surface area contributed by atoms with Crippen LogP contribution < -0.4 is 5.73 Å². The lowest BCUT2D eigenvalue weighted by atomic mass is 10.1. The molecule has 5 heteroatoms. The van der Waals surface area contributed by atoms with E-state index in [0.717, 1.165) is 11.6 Å². The molecule has 0 saturated carbocycles. The van der Waals surface area contributed by atoms with Crippen LogP contribution in [0.5, 0.6) is 0 Å². The van der Waals surface area contributed by atoms with E-state index in [9.17, 15) is 12.8 Å². The summed E-state index contributed by atoms with van der Waals surface area (Å²) in [6.45, 7) is 0. The fourth-order valence-electron chi connectivity index (χ4n) is 2.03. The minimum Gasteiger partial charge on any atom is -0.324 e. The number of nitrogens with two attached hydrogens (primary N) is 1. The van der Waals surface area contributed by atoms with E-state index in [4.69, 9.17) is 5.73 Å². The van der Waals surface area contributed by atoms with Crippen molar-refractivity contribution in [2.24, 2.45) is 5.73 Å². The second kappa shape index (κ2) is 7.33. The Balaban J connectivity index is 2.05. The summed E-state index contributed by atoms with van der Waals surface area (Å²) in [6, 6.07) is 16.5. The fraction of sp³-hybridized carbons (Fsp3) is 0.176. The summed E-state index contributed by atoms with van der Waals surface area (Å²) in [7, 11) is -4.10. The Morgan fingerprint density at radius 3 is 2.18 bits per heavy atom. The molecule has 1 atom stereocenters. The molecule has 0 bridgehead atoms. The number of aryl methyl sites for hydroxylation is 1. The van der Waals surface area contributed by atoms with Gasteiger partial charge >= 0.3 is 0 Å². The van der Waals surface area contributed by atoms with Gasteiger partial charge in [-0.15, -0.1) is 0 Å². The molecule has 2 aromatic rings. The predicted molar refractivity (Wildman–Crippen MR) is 85.6 cm³/mol. The molecule has 0 unspecified atom stereocenters. The van der Waals surface area contributed by atoms with Crippen molar-refractivity contribution in [1.29, 1.82) is 0 Å². The average Bonchev–Trinajstić information content (AvgIpc) is 2.54. The average molecular weight is 319 g/mol. The summed E-state index contributed by atoms with van der Waals surface area (Å²) in [5, 5.41) is -1.20. The van der Waals surface area contributed by atoms with Crippen molar-refractivity contribution in [1.82, 2.24) is 0 Å². The zero-order valence-corrected chi connectivity index (χ0v) is 12.8. The van der Waals surface area contributed by atoms with Gasteiger partial charge in [-0.25, -0.2) is 8.42 Å². The van der Waals surface area contributed by atoms with E-state index in [1.54, 1.807) is 18.2 Å². The summed E-state index contributed by atoms with van der Waals surface area (Å²) in [6.07, 6.45) is 2.12. The van der Waals surface area contributed by atoms with E-state index in [-0.39, 0.29) is 4.90 Å². The van der Waals surface area contributed by atoms with Crippen LogP contribution in [0.3, 0.4) is 0 Å². The van der Waals surface area contributed by atoms with Gasteiger partial charge in [-0.05, 0) is 36.6 Å². The van der Waals surface area contributed by atoms with Gasteiger partial charge in [0.15, 0.2) is 0 Å². The molecule has 0 aliphatic rings. The lowest BCUT2D eigenvalue weighted by Gasteiger charge is -2.08. The minimum atomic E-state index is -4.10. The maximum absolute atomic E-state index is 14.0. The number of hydrogen-bond acceptors (Lipinski definition) is 3. The molecule has 0 aliphatic heterocycles. The smallest absolute Gasteiger partial charge is 0.233 e. The number of hydrogen-bond donors (Lipinski definition) is 1. The molecule has 0 radical (unpaired) electrons. The Bertz CT molecular complexity index is 728. The second-order valence-electron chi connectivity index (χ2n) is 4.98. The van der Waals surface area contributed by atoms with Gasteiger partial charge < -0.3 is 5.73 Å². The van der Waals surface area contributed by atoms with Crippen LogP contribution in [0.25, 0.3) is 0 Å². The molecule has 2 rings (SSSR count). The Morgan fingerprint density at radius 1 is 1.05 bits per heavy atom. The van der Waals surface area contributed by atoms with Gasteiger partial charge in [0.1, 0.15) is 0 Å². The lowest BCUT2D eigenvalue weighted by molar-refractivity contribution is 0.572. The maximum atomic E-state index is 14.0. The van der Waals surface area contributed by atoms with Crippen LogP contribution in [0.4, 0.5) is 4.39 Å². The molecule has 0 heterocycles. The standard InChI is InChI=1S/C17H18FNO2S/c18-17(22(20,21)16-9-5-2-6-10-16)13-15(19)12-11-14-7-3-1-4-8-14/h1-10,13,15H,11-12,19H2/b17-13-/t15-/m0/s1. The van der Waals surface area contributed by atoms with Gasteiger partial charge in [0, 0.05) is 6.04 Å². The maximum Gasteiger partial charge on any atom is 0.233 e. The molecule has 2 N–H and O–H groups in total. The molecule has 22 heavy (non-hydrogen) atoms. The molecule has 3 nitrogen and oxygen atoms in total. The number of benzene rings is 2. The van der Waals surface area contributed by atoms with Crippen molar-refractivity contribution in [2.45, 2.75) is 23.8 Å². The van der Waals surface area contributed by atoms with Crippen LogP contribution >= 0.6 is 0 Å². The largest absolute Gasteiger partial charge is 0.324 e. The summed E-state index contributed by atoms with van der Waals surface area (Å²) < 4.78 is 38.1. The normalized spacial score (nSPS) is 13.8. The Kier molecular flexibility index (Phi) is 5.46. The molecule has 0 aliphatic carbocycles. The quantitative estimate of drug-likeness (QED) is 0.889. The first-order chi connectivity index (χ1) is 10.5. The Morgan fingerprint density at radius 2 is 1.59 bits per heavy atom. The Labute approximate surface area is 130 Å². The highest BCUT2D eigenvalue weighted by Crippen LogP contribution is 2.20. The molecule has 116 valence electrons. The van der Waals surface area contributed by atoms with E-state index in [1.807, 2.05) is 30.3 Å². The minimum absolute atomic E-state index is 0.0704. The van der Waals surface area contributed by atoms with Crippen molar-refractivity contribution >= 4 is 9.84 Å². The molecule has 2 aromatic carbocycles. The highest BCUT2D eigenvalue weighted by Gasteiger charge is 2.21. The van der Waals surface area contributed by atoms with Crippen LogP contribution in [0, 0.1) is 0 Å². The first-order valence-corrected chi connectivity index (χ1v) is 8.45. The van der Waals surface area contributed by atoms with Gasteiger partial charge in [0.05, 0.1) is 4.90 Å². The Hall–Kier alpha value is -1.98. The van der Waals surface area contributed by atoms with E-state index in [2.05, 4.69) is 0 Å². The van der Waals surface area contributed by atoms with Gasteiger partial charge in [-0.3, -0.25) is 0 Å². The van der Waals surface area contributed by atoms with E-state index >= 15 is 0 Å². The van der Waals surface area contributed by atoms with Crippen molar-refractivity contribution in [2.75, 3.05) is 0 Å². The summed E-state index contributed by atoms with van der Waals surface area (Å²) in [5.74, 6) is 0. The van der Waals surface area contributed by atoms with Gasteiger partial charge in [0.2, 0.25) is 15.0 Å². The molecule has 0 spiro atoms. The first-order valence-electron chi connectivity index (χ1n) is 6.97. The molecule has 0 aromatic heterocycles. The zero-order chi connectivity index (χ0) is 16.0. The highest BCUT2D eigenvalue weighted by atomic mass is 32.2. The monoisotopic (exact) mass is 319 g/mol. The van der Waals surface area contributed by atoms with Crippen molar-refractivity contribution in [3.63, 3.8) is 0 Å². The number of sulfone groups is 1. The van der Waals surface area contributed by atoms with Gasteiger partial charge in [-0.2, -0.15) is 4.39 Å². The van der Waals surface area contributed by atoms with E-state index in [1.165, 1.54) is 12.1 Å². The van der Waals surface area contributed by atoms with Crippen LogP contribution in [0.2, 0.25) is 0 Å². The number of halogens is 1. The molecular weight excluding hydrogens is 301 g/mol. The third-order valence-electron chi connectivity index (χ3n) is 3.26. The van der Waals surface area contributed by atoms with Crippen LogP contribution in [-0.4, -0.2) is 14.5 Å². The van der Waals surface area contributed by atoms with Crippen LogP contribution in [-0.2, 0) is 16.3 Å². The van der Waals surface area contributed by atoms with Crippen molar-refractivity contribution in [3.8, 4) is 0 Å². The predicted octanol–water partition coefficient (Wildman–Crippen LogP) is 3.23. The van der Waals surface area contributed by atoms with E-state index in [0.29, 0.717) is 12.8 Å². The zero-order valence-electron chi connectivity index (χ0n) is 12.0. The summed E-state index contributed by atoms with van der Waals surface area (Å²) in [4.78, 5) is -0.0704. The van der Waals surface area contributed by atoms with Crippen molar-refractivity contribution in [3.05, 3.63) is 77.5 Å². The molecule has 0 saturated heterocycles. The summed E-state index contributed by atoms with van der Waals surface area (Å²) >= 11 is 0. The lowest BCUT2D eigenvalue weighted by Crippen LogP contribution is -2.19.